The third kappa shape index (κ3) is 6.95. The van der Waals surface area contributed by atoms with Gasteiger partial charge in [0.05, 0.1) is 22.7 Å². The van der Waals surface area contributed by atoms with Crippen LogP contribution in [-0.2, 0) is 21.0 Å². The molecule has 0 saturated carbocycles. The van der Waals surface area contributed by atoms with Crippen molar-refractivity contribution in [2.75, 3.05) is 13.1 Å². The average molecular weight is 578 g/mol. The van der Waals surface area contributed by atoms with Gasteiger partial charge in [-0.3, -0.25) is 4.79 Å². The van der Waals surface area contributed by atoms with Gasteiger partial charge in [-0.05, 0) is 53.9 Å². The van der Waals surface area contributed by atoms with Gasteiger partial charge in [0.15, 0.2) is 0 Å². The van der Waals surface area contributed by atoms with Gasteiger partial charge in [-0.1, -0.05) is 54.1 Å². The number of carbonyl (C=O) groups is 1. The Labute approximate surface area is 228 Å². The lowest BCUT2D eigenvalue weighted by molar-refractivity contribution is -0.137. The van der Waals surface area contributed by atoms with Crippen molar-refractivity contribution in [3.05, 3.63) is 101 Å². The van der Waals surface area contributed by atoms with E-state index < -0.39 is 39.1 Å². The van der Waals surface area contributed by atoms with Crippen LogP contribution in [0.3, 0.4) is 0 Å². The largest absolute Gasteiger partial charge is 0.416 e. The first-order chi connectivity index (χ1) is 18.4. The Hall–Kier alpha value is -3.90. The van der Waals surface area contributed by atoms with Gasteiger partial charge in [-0.25, -0.2) is 5.01 Å². The van der Waals surface area contributed by atoms with E-state index in [-0.39, 0.29) is 18.4 Å². The van der Waals surface area contributed by atoms with E-state index in [1.807, 2.05) is 30.3 Å². The number of primary amides is 1. The van der Waals surface area contributed by atoms with E-state index in [9.17, 15) is 26.4 Å². The number of hydrazone groups is 1. The second kappa shape index (κ2) is 11.5. The van der Waals surface area contributed by atoms with Gasteiger partial charge >= 0.3 is 6.18 Å². The number of hydrogen-bond donors (Lipinski definition) is 2. The molecule has 0 radical (unpaired) electrons. The summed E-state index contributed by atoms with van der Waals surface area (Å²) in [4.78, 5) is 11.0. The van der Waals surface area contributed by atoms with Gasteiger partial charge in [-0.2, -0.15) is 26.7 Å². The van der Waals surface area contributed by atoms with E-state index in [1.54, 1.807) is 24.3 Å². The molecule has 8 nitrogen and oxygen atoms in total. The molecule has 1 heterocycles. The molecule has 0 aliphatic carbocycles. The molecule has 0 spiro atoms. The van der Waals surface area contributed by atoms with E-state index in [0.29, 0.717) is 29.3 Å². The molecule has 1 aliphatic rings. The molecule has 4 rings (SSSR count). The molecule has 204 valence electrons. The quantitative estimate of drug-likeness (QED) is 0.333. The molecular formula is C26H23ClF3N5O3S. The van der Waals surface area contributed by atoms with E-state index in [2.05, 4.69) is 9.71 Å². The van der Waals surface area contributed by atoms with Gasteiger partial charge in [-0.15, -0.1) is 4.40 Å². The predicted molar refractivity (Wildman–Crippen MR) is 142 cm³/mol. The fraction of sp³-hybridized carbons (Fsp3) is 0.192. The van der Waals surface area contributed by atoms with Crippen molar-refractivity contribution < 1.29 is 26.4 Å². The number of rotatable bonds is 6. The molecule has 1 amide bonds. The molecule has 3 aromatic rings. The number of benzene rings is 3. The Balaban J connectivity index is 1.76. The van der Waals surface area contributed by atoms with Crippen molar-refractivity contribution in [3.63, 3.8) is 0 Å². The standard InChI is InChI=1S/C26H23ClF3N5O3S/c27-20-10-6-18(7-11-20)24-22(17-4-2-1-3-5-17)14-15-35(33-24)25(32-16-23(31)36)34-39(37,38)21-12-8-19(9-13-21)26(28,29)30/h1-13,22H,14-16H2,(H2,31,36)(H,32,34). The SMILES string of the molecule is NC(=O)CN/C(=N/S(=O)(=O)c1ccc(C(F)(F)F)cc1)N1CCC(c2ccccc2)C(c2ccc(Cl)cc2)=N1. The van der Waals surface area contributed by atoms with Crippen molar-refractivity contribution in [3.8, 4) is 0 Å². The fourth-order valence-corrected chi connectivity index (χ4v) is 5.10. The van der Waals surface area contributed by atoms with Gasteiger partial charge < -0.3 is 11.1 Å². The van der Waals surface area contributed by atoms with E-state index in [1.165, 1.54) is 5.01 Å². The number of hydrogen-bond acceptors (Lipinski definition) is 4. The second-order valence-corrected chi connectivity index (χ2v) is 10.6. The first-order valence-corrected chi connectivity index (χ1v) is 13.5. The minimum atomic E-state index is -4.63. The van der Waals surface area contributed by atoms with Crippen LogP contribution in [0.5, 0.6) is 0 Å². The van der Waals surface area contributed by atoms with Crippen LogP contribution in [0, 0.1) is 0 Å². The highest BCUT2D eigenvalue weighted by molar-refractivity contribution is 7.90. The molecule has 0 aromatic heterocycles. The summed E-state index contributed by atoms with van der Waals surface area (Å²) in [6.45, 7) is -0.241. The van der Waals surface area contributed by atoms with Crippen LogP contribution in [0.2, 0.25) is 5.02 Å². The third-order valence-electron chi connectivity index (χ3n) is 5.88. The molecule has 39 heavy (non-hydrogen) atoms. The number of guanidine groups is 1. The van der Waals surface area contributed by atoms with Crippen molar-refractivity contribution in [1.82, 2.24) is 10.3 Å². The van der Waals surface area contributed by atoms with Crippen LogP contribution in [0.15, 0.2) is 93.3 Å². The highest BCUT2D eigenvalue weighted by Crippen LogP contribution is 2.31. The Bertz CT molecular complexity index is 1490. The Morgan fingerprint density at radius 2 is 1.69 bits per heavy atom. The summed E-state index contributed by atoms with van der Waals surface area (Å²) < 4.78 is 68.7. The maximum Gasteiger partial charge on any atom is 0.416 e. The summed E-state index contributed by atoms with van der Waals surface area (Å²) in [5.41, 5.74) is 6.58. The van der Waals surface area contributed by atoms with Gasteiger partial charge in [0, 0.05) is 17.5 Å². The molecule has 1 aliphatic heterocycles. The number of carbonyl (C=O) groups excluding carboxylic acids is 1. The third-order valence-corrected chi connectivity index (χ3v) is 7.41. The summed E-state index contributed by atoms with van der Waals surface area (Å²) >= 11 is 6.07. The fourth-order valence-electron chi connectivity index (χ4n) is 4.00. The highest BCUT2D eigenvalue weighted by atomic mass is 35.5. The van der Waals surface area contributed by atoms with Crippen molar-refractivity contribution in [2.24, 2.45) is 15.2 Å². The molecule has 3 N–H and O–H groups in total. The predicted octanol–water partition coefficient (Wildman–Crippen LogP) is 4.37. The number of alkyl halides is 3. The lowest BCUT2D eigenvalue weighted by Gasteiger charge is -2.32. The lowest BCUT2D eigenvalue weighted by Crippen LogP contribution is -2.45. The van der Waals surface area contributed by atoms with Crippen LogP contribution in [0.4, 0.5) is 13.2 Å². The minimum absolute atomic E-state index is 0.146. The number of nitrogens with two attached hydrogens (primary N) is 1. The van der Waals surface area contributed by atoms with E-state index in [4.69, 9.17) is 22.4 Å². The minimum Gasteiger partial charge on any atom is -0.368 e. The number of sulfonamides is 1. The molecule has 1 unspecified atom stereocenters. The molecule has 13 heteroatoms. The maximum absolute atomic E-state index is 13.1. The van der Waals surface area contributed by atoms with Crippen LogP contribution in [0.25, 0.3) is 0 Å². The Kier molecular flexibility index (Phi) is 8.26. The Morgan fingerprint density at radius 3 is 2.28 bits per heavy atom. The van der Waals surface area contributed by atoms with Gasteiger partial charge in [0.1, 0.15) is 0 Å². The summed E-state index contributed by atoms with van der Waals surface area (Å²) in [6.07, 6.45) is -4.13. The Morgan fingerprint density at radius 1 is 1.05 bits per heavy atom. The first kappa shape index (κ1) is 28.1. The number of halogens is 4. The van der Waals surface area contributed by atoms with E-state index >= 15 is 0 Å². The summed E-state index contributed by atoms with van der Waals surface area (Å²) in [5.74, 6) is -1.23. The van der Waals surface area contributed by atoms with Crippen LogP contribution in [0.1, 0.15) is 29.0 Å². The van der Waals surface area contributed by atoms with Crippen molar-refractivity contribution in [2.45, 2.75) is 23.4 Å². The molecule has 0 fully saturated rings. The van der Waals surface area contributed by atoms with Crippen LogP contribution >= 0.6 is 11.6 Å². The van der Waals surface area contributed by atoms with Crippen molar-refractivity contribution in [1.29, 1.82) is 0 Å². The summed E-state index contributed by atoms with van der Waals surface area (Å²) in [7, 11) is -4.49. The second-order valence-electron chi connectivity index (χ2n) is 8.60. The summed E-state index contributed by atoms with van der Waals surface area (Å²) in [5, 5.41) is 9.11. The summed E-state index contributed by atoms with van der Waals surface area (Å²) in [6, 6.07) is 19.5. The topological polar surface area (TPSA) is 117 Å². The molecule has 0 bridgehead atoms. The van der Waals surface area contributed by atoms with Crippen molar-refractivity contribution >= 4 is 39.2 Å². The first-order valence-electron chi connectivity index (χ1n) is 11.7. The van der Waals surface area contributed by atoms with Gasteiger partial charge in [0.2, 0.25) is 11.9 Å². The zero-order valence-electron chi connectivity index (χ0n) is 20.3. The number of nitrogens with one attached hydrogen (secondary N) is 1. The molecule has 0 saturated heterocycles. The van der Waals surface area contributed by atoms with Crippen LogP contribution in [-0.4, -0.2) is 44.1 Å². The zero-order chi connectivity index (χ0) is 28.2. The monoisotopic (exact) mass is 577 g/mol. The highest BCUT2D eigenvalue weighted by Gasteiger charge is 2.32. The normalized spacial score (nSPS) is 16.5. The number of nitrogens with zero attached hydrogens (tertiary/aromatic N) is 3. The molecule has 1 atom stereocenters. The molecule has 3 aromatic carbocycles. The van der Waals surface area contributed by atoms with Gasteiger partial charge in [0.25, 0.3) is 10.0 Å². The zero-order valence-corrected chi connectivity index (χ0v) is 21.8. The van der Waals surface area contributed by atoms with Crippen LogP contribution < -0.4 is 11.1 Å². The van der Waals surface area contributed by atoms with E-state index in [0.717, 1.165) is 23.3 Å². The molecular weight excluding hydrogens is 555 g/mol. The smallest absolute Gasteiger partial charge is 0.368 e. The number of amides is 1. The maximum atomic E-state index is 13.1. The average Bonchev–Trinajstić information content (AvgIpc) is 2.91. The lowest BCUT2D eigenvalue weighted by atomic mass is 9.86.